The highest BCUT2D eigenvalue weighted by molar-refractivity contribution is 8.01. The largest absolute Gasteiger partial charge is 0.481 e. The number of nitrogens with two attached hydrogens (primary N) is 1. The summed E-state index contributed by atoms with van der Waals surface area (Å²) in [5.74, 6) is -3.21. The van der Waals surface area contributed by atoms with E-state index in [-0.39, 0.29) is 34.5 Å². The normalized spacial score (nSPS) is 22.5. The average Bonchev–Trinajstić information content (AvgIpc) is 3.34. The summed E-state index contributed by atoms with van der Waals surface area (Å²) >= 11 is 2.22. The van der Waals surface area contributed by atoms with Crippen molar-refractivity contribution in [1.29, 1.82) is 0 Å². The first kappa shape index (κ1) is 24.9. The Balaban J connectivity index is 1.51. The maximum Gasteiger partial charge on any atom is 0.352 e. The number of β-lactam (4-membered cyclic amide) rings is 1. The van der Waals surface area contributed by atoms with Crippen molar-refractivity contribution in [2.45, 2.75) is 47.5 Å². The number of H-pyrrole nitrogens is 1. The number of tetrazole rings is 1. The smallest absolute Gasteiger partial charge is 0.352 e. The first-order chi connectivity index (χ1) is 16.8. The molecule has 1 aromatic rings. The molecular formula is C20H23N7O6S2. The fourth-order valence-electron chi connectivity index (χ4n) is 4.20. The van der Waals surface area contributed by atoms with Gasteiger partial charge < -0.3 is 21.3 Å². The average molecular weight is 522 g/mol. The Hall–Kier alpha value is -3.17. The summed E-state index contributed by atoms with van der Waals surface area (Å²) in [4.78, 5) is 50.4. The number of thioether (sulfide) groups is 2. The summed E-state index contributed by atoms with van der Waals surface area (Å²) in [5, 5.41) is 34.0. The van der Waals surface area contributed by atoms with E-state index in [2.05, 4.69) is 25.9 Å². The van der Waals surface area contributed by atoms with Crippen LogP contribution in [0.2, 0.25) is 0 Å². The molecule has 186 valence electrons. The van der Waals surface area contributed by atoms with E-state index in [1.54, 1.807) is 0 Å². The molecule has 0 saturated carbocycles. The van der Waals surface area contributed by atoms with Crippen LogP contribution in [-0.2, 0) is 19.2 Å². The molecule has 1 aromatic heterocycles. The lowest BCUT2D eigenvalue weighted by atomic mass is 9.94. The minimum absolute atomic E-state index is 0.118. The van der Waals surface area contributed by atoms with Crippen LogP contribution in [0.25, 0.3) is 0 Å². The summed E-state index contributed by atoms with van der Waals surface area (Å²) in [5.41, 5.74) is 7.71. The monoisotopic (exact) mass is 521 g/mol. The first-order valence-corrected chi connectivity index (χ1v) is 12.6. The van der Waals surface area contributed by atoms with Crippen molar-refractivity contribution < 1.29 is 29.4 Å². The number of fused-ring (bicyclic) bond motifs is 1. The van der Waals surface area contributed by atoms with Gasteiger partial charge in [-0.3, -0.25) is 19.3 Å². The van der Waals surface area contributed by atoms with Crippen LogP contribution in [0.15, 0.2) is 39.7 Å². The standard InChI is InChI=1S/C20H23N7O6S2/c21-7-10-4-2-1-3-9(10)5-13(28)22-15-17(31)27-16(19(32)33)11(8-34-18(15)27)12(6-14(29)30)35-20-23-25-26-24-20/h1-2,12,15,18H,3-8,21H2,(H,22,28)(H,29,30)(H,32,33)(H,23,24,25,26)/t12?,15?,18-/m0/s1. The summed E-state index contributed by atoms with van der Waals surface area (Å²) in [6.45, 7) is 0.358. The first-order valence-electron chi connectivity index (χ1n) is 10.7. The lowest BCUT2D eigenvalue weighted by Crippen LogP contribution is -2.70. The molecule has 35 heavy (non-hydrogen) atoms. The molecule has 1 fully saturated rings. The van der Waals surface area contributed by atoms with Crippen LogP contribution in [0, 0.1) is 0 Å². The van der Waals surface area contributed by atoms with E-state index >= 15 is 0 Å². The SMILES string of the molecule is NCC1=C(CC(=O)NC2C(=O)N3C(C(=O)O)=C(C(CC(=O)O)Sc4nn[nH]n4)CS[C@@H]23)CC=CC1. The fourth-order valence-corrected chi connectivity index (χ4v) is 6.72. The van der Waals surface area contributed by atoms with Gasteiger partial charge in [0.1, 0.15) is 17.1 Å². The summed E-state index contributed by atoms with van der Waals surface area (Å²) < 4.78 is 0. The third-order valence-corrected chi connectivity index (χ3v) is 8.28. The summed E-state index contributed by atoms with van der Waals surface area (Å²) in [7, 11) is 0. The van der Waals surface area contributed by atoms with E-state index in [9.17, 15) is 29.4 Å². The Labute approximate surface area is 207 Å². The number of carboxylic acids is 2. The van der Waals surface area contributed by atoms with E-state index in [1.807, 2.05) is 12.2 Å². The van der Waals surface area contributed by atoms with Crippen molar-refractivity contribution in [1.82, 2.24) is 30.8 Å². The molecule has 1 saturated heterocycles. The number of hydrogen-bond donors (Lipinski definition) is 5. The van der Waals surface area contributed by atoms with Gasteiger partial charge in [-0.15, -0.1) is 22.0 Å². The number of rotatable bonds is 10. The number of nitrogens with one attached hydrogen (secondary N) is 2. The molecule has 4 rings (SSSR count). The van der Waals surface area contributed by atoms with Crippen molar-refractivity contribution >= 4 is 47.3 Å². The Morgan fingerprint density at radius 3 is 2.66 bits per heavy atom. The molecule has 15 heteroatoms. The number of hydrogen-bond acceptors (Lipinski definition) is 10. The van der Waals surface area contributed by atoms with Crippen LogP contribution >= 0.6 is 23.5 Å². The topological polar surface area (TPSA) is 204 Å². The van der Waals surface area contributed by atoms with Crippen LogP contribution in [0.4, 0.5) is 0 Å². The molecule has 0 bridgehead atoms. The van der Waals surface area contributed by atoms with Gasteiger partial charge >= 0.3 is 11.9 Å². The van der Waals surface area contributed by atoms with Crippen LogP contribution in [0.1, 0.15) is 25.7 Å². The molecule has 2 amide bonds. The van der Waals surface area contributed by atoms with Gasteiger partial charge in [0.2, 0.25) is 11.1 Å². The number of aromatic nitrogens is 4. The van der Waals surface area contributed by atoms with Crippen molar-refractivity contribution in [2.75, 3.05) is 12.3 Å². The minimum atomic E-state index is -1.35. The van der Waals surface area contributed by atoms with Crippen LogP contribution in [0.3, 0.4) is 0 Å². The van der Waals surface area contributed by atoms with Gasteiger partial charge in [0.25, 0.3) is 5.91 Å². The second-order valence-electron chi connectivity index (χ2n) is 8.00. The van der Waals surface area contributed by atoms with Crippen LogP contribution in [-0.4, -0.2) is 88.5 Å². The van der Waals surface area contributed by atoms with Crippen molar-refractivity contribution in [2.24, 2.45) is 5.73 Å². The van der Waals surface area contributed by atoms with Crippen molar-refractivity contribution in [3.63, 3.8) is 0 Å². The van der Waals surface area contributed by atoms with E-state index < -0.39 is 40.9 Å². The lowest BCUT2D eigenvalue weighted by molar-refractivity contribution is -0.150. The van der Waals surface area contributed by atoms with E-state index in [4.69, 9.17) is 5.73 Å². The molecule has 3 atom stereocenters. The Bertz CT molecular complexity index is 1130. The predicted octanol–water partition coefficient (Wildman–Crippen LogP) is -0.131. The predicted molar refractivity (Wildman–Crippen MR) is 125 cm³/mol. The van der Waals surface area contributed by atoms with Gasteiger partial charge in [0, 0.05) is 24.0 Å². The highest BCUT2D eigenvalue weighted by Crippen LogP contribution is 2.44. The molecular weight excluding hydrogens is 498 g/mol. The molecule has 1 aliphatic carbocycles. The Kier molecular flexibility index (Phi) is 7.57. The lowest BCUT2D eigenvalue weighted by Gasteiger charge is -2.50. The maximum absolute atomic E-state index is 13.0. The zero-order chi connectivity index (χ0) is 25.1. The van der Waals surface area contributed by atoms with Gasteiger partial charge in [-0.2, -0.15) is 5.21 Å². The third kappa shape index (κ3) is 5.26. The second-order valence-corrected chi connectivity index (χ2v) is 10.3. The number of nitrogens with zero attached hydrogens (tertiary/aromatic N) is 4. The van der Waals surface area contributed by atoms with Crippen molar-refractivity contribution in [3.05, 3.63) is 34.6 Å². The number of carboxylic acid groups (broad SMARTS) is 2. The highest BCUT2D eigenvalue weighted by atomic mass is 32.2. The Morgan fingerprint density at radius 2 is 2.03 bits per heavy atom. The molecule has 0 aromatic carbocycles. The van der Waals surface area contributed by atoms with Gasteiger partial charge in [-0.25, -0.2) is 4.79 Å². The van der Waals surface area contributed by atoms with Gasteiger partial charge in [-0.05, 0) is 23.6 Å². The molecule has 2 unspecified atom stereocenters. The van der Waals surface area contributed by atoms with E-state index in [1.165, 1.54) is 11.8 Å². The summed E-state index contributed by atoms with van der Waals surface area (Å²) in [6, 6.07) is -0.868. The molecule has 13 nitrogen and oxygen atoms in total. The molecule has 6 N–H and O–H groups in total. The number of aromatic amines is 1. The Morgan fingerprint density at radius 1 is 1.29 bits per heavy atom. The number of carbonyl (C=O) groups excluding carboxylic acids is 2. The number of allylic oxidation sites excluding steroid dienone is 2. The maximum atomic E-state index is 13.0. The number of carbonyl (C=O) groups is 4. The summed E-state index contributed by atoms with van der Waals surface area (Å²) in [6.07, 6.45) is 5.02. The van der Waals surface area contributed by atoms with Crippen LogP contribution in [0.5, 0.6) is 0 Å². The third-order valence-electron chi connectivity index (χ3n) is 5.85. The number of amides is 2. The minimum Gasteiger partial charge on any atom is -0.481 e. The second kappa shape index (κ2) is 10.6. The zero-order valence-corrected chi connectivity index (χ0v) is 20.0. The van der Waals surface area contributed by atoms with Crippen LogP contribution < -0.4 is 11.1 Å². The number of aliphatic carboxylic acids is 2. The highest BCUT2D eigenvalue weighted by Gasteiger charge is 2.55. The molecule has 2 aliphatic heterocycles. The van der Waals surface area contributed by atoms with Gasteiger partial charge in [-0.1, -0.05) is 35.1 Å². The molecule has 3 heterocycles. The molecule has 0 spiro atoms. The van der Waals surface area contributed by atoms with Crippen molar-refractivity contribution in [3.8, 4) is 0 Å². The van der Waals surface area contributed by atoms with E-state index in [0.29, 0.717) is 19.4 Å². The molecule has 3 aliphatic rings. The fraction of sp³-hybridized carbons (Fsp3) is 0.450. The zero-order valence-electron chi connectivity index (χ0n) is 18.3. The quantitative estimate of drug-likeness (QED) is 0.155. The van der Waals surface area contributed by atoms with E-state index in [0.717, 1.165) is 27.8 Å². The van der Waals surface area contributed by atoms with Gasteiger partial charge in [0.15, 0.2) is 0 Å². The van der Waals surface area contributed by atoms with Gasteiger partial charge in [0.05, 0.1) is 6.42 Å². The molecule has 0 radical (unpaired) electrons.